The van der Waals surface area contributed by atoms with E-state index in [1.807, 2.05) is 13.0 Å². The fourth-order valence-electron chi connectivity index (χ4n) is 6.25. The molecule has 40 heavy (non-hydrogen) atoms. The number of fused-ring (bicyclic) bond motifs is 1. The summed E-state index contributed by atoms with van der Waals surface area (Å²) >= 11 is 0. The number of hydrogen-bond acceptors (Lipinski definition) is 7. The molecular formula is C30H33F2N5O3. The lowest BCUT2D eigenvalue weighted by Crippen LogP contribution is -2.44. The van der Waals surface area contributed by atoms with Gasteiger partial charge in [0.25, 0.3) is 0 Å². The van der Waals surface area contributed by atoms with Crippen LogP contribution < -0.4 is 5.73 Å². The molecule has 8 nitrogen and oxygen atoms in total. The van der Waals surface area contributed by atoms with Gasteiger partial charge in [-0.25, -0.2) is 18.3 Å². The smallest absolute Gasteiger partial charge is 0.136 e. The van der Waals surface area contributed by atoms with Crippen LogP contribution in [0.3, 0.4) is 0 Å². The molecule has 0 amide bonds. The number of ether oxygens (including phenoxy) is 1. The minimum atomic E-state index is -1.33. The van der Waals surface area contributed by atoms with Crippen molar-refractivity contribution in [1.29, 1.82) is 0 Å². The predicted octanol–water partition coefficient (Wildman–Crippen LogP) is 3.86. The van der Waals surface area contributed by atoms with Crippen molar-refractivity contribution in [3.05, 3.63) is 83.1 Å². The van der Waals surface area contributed by atoms with Gasteiger partial charge in [0.1, 0.15) is 17.5 Å². The number of imidazole rings is 1. The summed E-state index contributed by atoms with van der Waals surface area (Å²) < 4.78 is 37.6. The van der Waals surface area contributed by atoms with E-state index < -0.39 is 23.3 Å². The fourth-order valence-corrected chi connectivity index (χ4v) is 6.25. The number of nitrogens with two attached hydrogens (primary N) is 1. The van der Waals surface area contributed by atoms with E-state index >= 15 is 8.78 Å². The lowest BCUT2D eigenvalue weighted by molar-refractivity contribution is -0.0682. The third-order valence-electron chi connectivity index (χ3n) is 8.57. The van der Waals surface area contributed by atoms with Gasteiger partial charge in [-0.05, 0) is 71.7 Å². The highest BCUT2D eigenvalue weighted by Crippen LogP contribution is 2.38. The molecule has 10 heteroatoms. The second-order valence-corrected chi connectivity index (χ2v) is 11.2. The Kier molecular flexibility index (Phi) is 7.12. The van der Waals surface area contributed by atoms with Gasteiger partial charge in [-0.2, -0.15) is 5.10 Å². The van der Waals surface area contributed by atoms with Crippen molar-refractivity contribution in [3.8, 4) is 11.3 Å². The number of aliphatic hydroxyl groups is 2. The Hall–Kier alpha value is -3.31. The van der Waals surface area contributed by atoms with Crippen molar-refractivity contribution in [1.82, 2.24) is 19.6 Å². The molecule has 4 atom stereocenters. The van der Waals surface area contributed by atoms with E-state index in [0.29, 0.717) is 37.4 Å². The number of nitrogens with zero attached hydrogens (tertiary/aromatic N) is 4. The van der Waals surface area contributed by atoms with Crippen LogP contribution in [0.4, 0.5) is 8.78 Å². The summed E-state index contributed by atoms with van der Waals surface area (Å²) in [4.78, 5) is 8.89. The average molecular weight is 550 g/mol. The Balaban J connectivity index is 1.33. The maximum atomic E-state index is 15.4. The number of halogens is 2. The van der Waals surface area contributed by atoms with E-state index in [9.17, 15) is 10.2 Å². The Bertz CT molecular complexity index is 1500. The Morgan fingerprint density at radius 3 is 2.58 bits per heavy atom. The van der Waals surface area contributed by atoms with E-state index in [4.69, 9.17) is 10.5 Å². The van der Waals surface area contributed by atoms with E-state index in [-0.39, 0.29) is 47.5 Å². The zero-order valence-electron chi connectivity index (χ0n) is 22.3. The van der Waals surface area contributed by atoms with Crippen LogP contribution in [0.25, 0.3) is 16.8 Å². The molecule has 4 aromatic rings. The van der Waals surface area contributed by atoms with Crippen LogP contribution in [-0.2, 0) is 16.8 Å². The van der Waals surface area contributed by atoms with Crippen molar-refractivity contribution < 1.29 is 23.7 Å². The minimum absolute atomic E-state index is 0.0783. The summed E-state index contributed by atoms with van der Waals surface area (Å²) in [5.41, 5.74) is 7.74. The van der Waals surface area contributed by atoms with Crippen LogP contribution in [0.15, 0.2) is 48.9 Å². The van der Waals surface area contributed by atoms with Gasteiger partial charge in [0.2, 0.25) is 0 Å². The summed E-state index contributed by atoms with van der Waals surface area (Å²) in [5, 5.41) is 25.8. The van der Waals surface area contributed by atoms with Crippen LogP contribution in [0, 0.1) is 17.6 Å². The maximum absolute atomic E-state index is 15.4. The van der Waals surface area contributed by atoms with Gasteiger partial charge in [-0.3, -0.25) is 4.98 Å². The summed E-state index contributed by atoms with van der Waals surface area (Å²) in [7, 11) is 0. The highest BCUT2D eigenvalue weighted by atomic mass is 19.1. The molecule has 2 fully saturated rings. The van der Waals surface area contributed by atoms with E-state index in [2.05, 4.69) is 15.1 Å². The van der Waals surface area contributed by atoms with Crippen LogP contribution in [-0.4, -0.2) is 55.2 Å². The summed E-state index contributed by atoms with van der Waals surface area (Å²) in [6.45, 7) is 2.67. The molecule has 1 aromatic carbocycles. The molecule has 0 unspecified atom stereocenters. The van der Waals surface area contributed by atoms with Crippen LogP contribution in [0.1, 0.15) is 61.0 Å². The van der Waals surface area contributed by atoms with Gasteiger partial charge in [0, 0.05) is 50.9 Å². The zero-order valence-corrected chi connectivity index (χ0v) is 22.3. The SMILES string of the molecule is C[C@H]1C[C@@H](c2ccncc2Cc2ncc3ccc(-c4c(F)cc(C5(O)CCOCC5)cc4F)nn23)C[C@@H](N)[C@H]1O. The first-order valence-electron chi connectivity index (χ1n) is 13.7. The highest BCUT2D eigenvalue weighted by Gasteiger charge is 2.35. The van der Waals surface area contributed by atoms with Gasteiger partial charge in [-0.1, -0.05) is 6.92 Å². The standard InChI is InChI=1S/C30H33F2N5O3/c1-17-10-18(11-25(33)29(17)38)22-4-7-34-15-19(22)12-27-35-16-21-2-3-26(36-37(21)27)28-23(31)13-20(14-24(28)32)30(39)5-8-40-9-6-30/h2-4,7,13-18,25,29,38-39H,5-6,8-12,33H2,1H3/t17-,18+,25+,29-/m0/s1. The Morgan fingerprint density at radius 2 is 1.85 bits per heavy atom. The number of rotatable bonds is 5. The molecule has 1 aliphatic heterocycles. The first kappa shape index (κ1) is 26.9. The van der Waals surface area contributed by atoms with Crippen molar-refractivity contribution in [3.63, 3.8) is 0 Å². The second-order valence-electron chi connectivity index (χ2n) is 11.2. The van der Waals surface area contributed by atoms with Crippen LogP contribution >= 0.6 is 0 Å². The predicted molar refractivity (Wildman–Crippen MR) is 144 cm³/mol. The number of pyridine rings is 1. The molecule has 6 rings (SSSR count). The molecule has 3 aromatic heterocycles. The number of hydrogen-bond donors (Lipinski definition) is 3. The topological polar surface area (TPSA) is 119 Å². The van der Waals surface area contributed by atoms with Crippen molar-refractivity contribution in [2.75, 3.05) is 13.2 Å². The van der Waals surface area contributed by atoms with Gasteiger partial charge in [0.15, 0.2) is 0 Å². The molecule has 0 radical (unpaired) electrons. The van der Waals surface area contributed by atoms with Gasteiger partial charge < -0.3 is 20.7 Å². The number of benzene rings is 1. The van der Waals surface area contributed by atoms with Crippen LogP contribution in [0.5, 0.6) is 0 Å². The summed E-state index contributed by atoms with van der Waals surface area (Å²) in [5.74, 6) is -0.720. The third-order valence-corrected chi connectivity index (χ3v) is 8.57. The number of aliphatic hydroxyl groups excluding tert-OH is 1. The molecule has 2 aliphatic rings. The zero-order chi connectivity index (χ0) is 28.0. The molecule has 210 valence electrons. The van der Waals surface area contributed by atoms with Crippen LogP contribution in [0.2, 0.25) is 0 Å². The molecule has 4 heterocycles. The first-order valence-corrected chi connectivity index (χ1v) is 13.7. The van der Waals surface area contributed by atoms with Gasteiger partial charge in [-0.15, -0.1) is 0 Å². The Labute approximate surface area is 230 Å². The minimum Gasteiger partial charge on any atom is -0.391 e. The fraction of sp³-hybridized carbons (Fsp3) is 0.433. The molecular weight excluding hydrogens is 516 g/mol. The quantitative estimate of drug-likeness (QED) is 0.346. The average Bonchev–Trinajstić information content (AvgIpc) is 3.33. The summed E-state index contributed by atoms with van der Waals surface area (Å²) in [6, 6.07) is 7.37. The number of aromatic nitrogens is 4. The molecule has 4 N–H and O–H groups in total. The Morgan fingerprint density at radius 1 is 1.10 bits per heavy atom. The highest BCUT2D eigenvalue weighted by molar-refractivity contribution is 5.63. The monoisotopic (exact) mass is 549 g/mol. The van der Waals surface area contributed by atoms with E-state index in [1.54, 1.807) is 35.2 Å². The van der Waals surface area contributed by atoms with E-state index in [0.717, 1.165) is 17.5 Å². The molecule has 1 aliphatic carbocycles. The lowest BCUT2D eigenvalue weighted by Gasteiger charge is -2.36. The third kappa shape index (κ3) is 4.89. The molecule has 0 bridgehead atoms. The van der Waals surface area contributed by atoms with Gasteiger partial charge >= 0.3 is 0 Å². The van der Waals surface area contributed by atoms with Crippen molar-refractivity contribution in [2.24, 2.45) is 11.7 Å². The van der Waals surface area contributed by atoms with E-state index in [1.165, 1.54) is 12.1 Å². The molecule has 1 saturated carbocycles. The maximum Gasteiger partial charge on any atom is 0.136 e. The van der Waals surface area contributed by atoms with Crippen molar-refractivity contribution >= 4 is 5.52 Å². The normalized spacial score (nSPS) is 24.9. The second kappa shape index (κ2) is 10.6. The summed E-state index contributed by atoms with van der Waals surface area (Å²) in [6.07, 6.45) is 7.16. The molecule has 0 spiro atoms. The first-order chi connectivity index (χ1) is 19.2. The molecule has 1 saturated heterocycles. The van der Waals surface area contributed by atoms with Gasteiger partial charge in [0.05, 0.1) is 34.7 Å². The largest absolute Gasteiger partial charge is 0.391 e. The van der Waals surface area contributed by atoms with Crippen molar-refractivity contribution in [2.45, 2.75) is 62.7 Å². The lowest BCUT2D eigenvalue weighted by atomic mass is 9.74.